The minimum atomic E-state index is -0.859. The summed E-state index contributed by atoms with van der Waals surface area (Å²) in [6.07, 6.45) is 0.703. The Kier molecular flexibility index (Phi) is 7.95. The maximum Gasteiger partial charge on any atom is 0.251 e. The van der Waals surface area contributed by atoms with Crippen molar-refractivity contribution in [2.75, 3.05) is 5.32 Å². The van der Waals surface area contributed by atoms with Crippen molar-refractivity contribution < 1.29 is 18.8 Å². The quantitative estimate of drug-likeness (QED) is 0.441. The van der Waals surface area contributed by atoms with Crippen molar-refractivity contribution in [2.45, 2.75) is 39.7 Å². The molecule has 3 aromatic rings. The smallest absolute Gasteiger partial charge is 0.251 e. The minimum absolute atomic E-state index is 0.0406. The lowest BCUT2D eigenvalue weighted by atomic mass is 9.88. The van der Waals surface area contributed by atoms with E-state index in [1.54, 1.807) is 24.3 Å². The Balaban J connectivity index is 1.73. The lowest BCUT2D eigenvalue weighted by Gasteiger charge is -2.19. The van der Waals surface area contributed by atoms with E-state index in [1.165, 1.54) is 24.3 Å². The molecule has 2 amide bonds. The average Bonchev–Trinajstić information content (AvgIpc) is 2.79. The molecule has 0 aliphatic rings. The zero-order valence-corrected chi connectivity index (χ0v) is 19.6. The van der Waals surface area contributed by atoms with Crippen LogP contribution >= 0.6 is 0 Å². The fourth-order valence-electron chi connectivity index (χ4n) is 3.45. The second-order valence-electron chi connectivity index (χ2n) is 9.45. The van der Waals surface area contributed by atoms with Gasteiger partial charge in [-0.15, -0.1) is 0 Å². The maximum atomic E-state index is 13.2. The molecule has 0 bridgehead atoms. The van der Waals surface area contributed by atoms with Gasteiger partial charge in [0.2, 0.25) is 5.91 Å². The Morgan fingerprint density at radius 2 is 1.41 bits per heavy atom. The standard InChI is InChI=1S/C28H29FN2O3/c1-28(2,3)18-25(32)20-11-15-23(16-12-20)30-27(34)24(17-19-7-5-4-6-8-19)31-26(33)21-9-13-22(29)14-10-21/h4-16,24H,17-18H2,1-3H3,(H,30,34)(H,31,33)/t24-/m0/s1. The van der Waals surface area contributed by atoms with E-state index in [1.807, 2.05) is 51.1 Å². The summed E-state index contributed by atoms with van der Waals surface area (Å²) in [6.45, 7) is 6.02. The molecular formula is C28H29FN2O3. The number of ketones is 1. The summed E-state index contributed by atoms with van der Waals surface area (Å²) in [5.41, 5.74) is 2.13. The summed E-state index contributed by atoms with van der Waals surface area (Å²) < 4.78 is 13.2. The van der Waals surface area contributed by atoms with E-state index in [9.17, 15) is 18.8 Å². The fourth-order valence-corrected chi connectivity index (χ4v) is 3.45. The summed E-state index contributed by atoms with van der Waals surface area (Å²) in [4.78, 5) is 38.2. The van der Waals surface area contributed by atoms with Gasteiger partial charge in [0.25, 0.3) is 5.91 Å². The molecular weight excluding hydrogens is 431 g/mol. The van der Waals surface area contributed by atoms with E-state index in [4.69, 9.17) is 0 Å². The summed E-state index contributed by atoms with van der Waals surface area (Å²) in [6, 6.07) is 20.3. The topological polar surface area (TPSA) is 75.3 Å². The summed E-state index contributed by atoms with van der Waals surface area (Å²) in [5.74, 6) is -1.27. The first-order chi connectivity index (χ1) is 16.1. The molecule has 34 heavy (non-hydrogen) atoms. The number of Topliss-reactive ketones (excluding diaryl/α,β-unsaturated/α-hetero) is 1. The Morgan fingerprint density at radius 1 is 0.824 bits per heavy atom. The van der Waals surface area contributed by atoms with Crippen molar-refractivity contribution in [3.8, 4) is 0 Å². The highest BCUT2D eigenvalue weighted by Gasteiger charge is 2.23. The van der Waals surface area contributed by atoms with Crippen LogP contribution < -0.4 is 10.6 Å². The van der Waals surface area contributed by atoms with Crippen molar-refractivity contribution >= 4 is 23.3 Å². The number of rotatable bonds is 8. The lowest BCUT2D eigenvalue weighted by molar-refractivity contribution is -0.118. The predicted molar refractivity (Wildman–Crippen MR) is 131 cm³/mol. The highest BCUT2D eigenvalue weighted by atomic mass is 19.1. The van der Waals surface area contributed by atoms with Crippen LogP contribution in [0.5, 0.6) is 0 Å². The van der Waals surface area contributed by atoms with E-state index in [-0.39, 0.29) is 23.2 Å². The van der Waals surface area contributed by atoms with Gasteiger partial charge in [-0.3, -0.25) is 14.4 Å². The number of hydrogen-bond acceptors (Lipinski definition) is 3. The van der Waals surface area contributed by atoms with Crippen LogP contribution in [0, 0.1) is 11.2 Å². The first-order valence-electron chi connectivity index (χ1n) is 11.2. The van der Waals surface area contributed by atoms with E-state index >= 15 is 0 Å². The van der Waals surface area contributed by atoms with Gasteiger partial charge in [0.1, 0.15) is 11.9 Å². The third-order valence-electron chi connectivity index (χ3n) is 5.18. The Labute approximate surface area is 199 Å². The normalized spacial score (nSPS) is 12.0. The first kappa shape index (κ1) is 24.8. The molecule has 2 N–H and O–H groups in total. The molecule has 6 heteroatoms. The van der Waals surface area contributed by atoms with E-state index in [2.05, 4.69) is 10.6 Å². The fraction of sp³-hybridized carbons (Fsp3) is 0.250. The van der Waals surface area contributed by atoms with Gasteiger partial charge in [0.05, 0.1) is 0 Å². The van der Waals surface area contributed by atoms with Crippen molar-refractivity contribution in [1.82, 2.24) is 5.32 Å². The van der Waals surface area contributed by atoms with Gasteiger partial charge in [0.15, 0.2) is 5.78 Å². The van der Waals surface area contributed by atoms with Crippen molar-refractivity contribution in [3.05, 3.63) is 101 Å². The third kappa shape index (κ3) is 7.37. The molecule has 0 unspecified atom stereocenters. The molecule has 3 aromatic carbocycles. The lowest BCUT2D eigenvalue weighted by Crippen LogP contribution is -2.45. The summed E-state index contributed by atoms with van der Waals surface area (Å²) in [7, 11) is 0. The second-order valence-corrected chi connectivity index (χ2v) is 9.45. The van der Waals surface area contributed by atoms with Crippen LogP contribution in [-0.2, 0) is 11.2 Å². The van der Waals surface area contributed by atoms with Crippen LogP contribution in [0.2, 0.25) is 0 Å². The maximum absolute atomic E-state index is 13.2. The van der Waals surface area contributed by atoms with Crippen LogP contribution in [-0.4, -0.2) is 23.6 Å². The van der Waals surface area contributed by atoms with Gasteiger partial charge >= 0.3 is 0 Å². The van der Waals surface area contributed by atoms with Gasteiger partial charge in [0, 0.05) is 29.7 Å². The zero-order valence-electron chi connectivity index (χ0n) is 19.6. The Morgan fingerprint density at radius 3 is 2.00 bits per heavy atom. The number of anilines is 1. The van der Waals surface area contributed by atoms with Crippen molar-refractivity contribution in [1.29, 1.82) is 0 Å². The summed E-state index contributed by atoms with van der Waals surface area (Å²) in [5, 5.41) is 5.57. The van der Waals surface area contributed by atoms with Gasteiger partial charge in [-0.1, -0.05) is 51.1 Å². The number of benzene rings is 3. The Bertz CT molecular complexity index is 1140. The molecule has 0 saturated heterocycles. The molecule has 5 nitrogen and oxygen atoms in total. The average molecular weight is 461 g/mol. The van der Waals surface area contributed by atoms with Gasteiger partial charge in [-0.05, 0) is 59.5 Å². The highest BCUT2D eigenvalue weighted by Crippen LogP contribution is 2.22. The number of carbonyl (C=O) groups is 3. The number of halogens is 1. The predicted octanol–water partition coefficient (Wildman–Crippen LogP) is 5.42. The number of nitrogens with one attached hydrogen (secondary N) is 2. The van der Waals surface area contributed by atoms with Crippen LogP contribution in [0.15, 0.2) is 78.9 Å². The second kappa shape index (κ2) is 10.9. The SMILES string of the molecule is CC(C)(C)CC(=O)c1ccc(NC(=O)[C@H](Cc2ccccc2)NC(=O)c2ccc(F)cc2)cc1. The zero-order chi connectivity index (χ0) is 24.7. The van der Waals surface area contributed by atoms with Crippen molar-refractivity contribution in [3.63, 3.8) is 0 Å². The summed E-state index contributed by atoms with van der Waals surface area (Å²) >= 11 is 0. The molecule has 0 heterocycles. The molecule has 0 saturated carbocycles. The number of amides is 2. The molecule has 0 aliphatic heterocycles. The molecule has 0 spiro atoms. The van der Waals surface area contributed by atoms with E-state index < -0.39 is 23.7 Å². The van der Waals surface area contributed by atoms with Crippen LogP contribution in [0.1, 0.15) is 53.5 Å². The Hall–Kier alpha value is -3.80. The van der Waals surface area contributed by atoms with E-state index in [0.29, 0.717) is 17.7 Å². The van der Waals surface area contributed by atoms with Crippen molar-refractivity contribution in [2.24, 2.45) is 5.41 Å². The minimum Gasteiger partial charge on any atom is -0.340 e. The number of carbonyl (C=O) groups excluding carboxylic acids is 3. The van der Waals surface area contributed by atoms with E-state index in [0.717, 1.165) is 5.56 Å². The molecule has 0 fully saturated rings. The van der Waals surface area contributed by atoms with Gasteiger partial charge in [-0.2, -0.15) is 0 Å². The molecule has 0 radical (unpaired) electrons. The highest BCUT2D eigenvalue weighted by molar-refractivity contribution is 6.02. The van der Waals surface area contributed by atoms with Crippen LogP contribution in [0.3, 0.4) is 0 Å². The van der Waals surface area contributed by atoms with Crippen LogP contribution in [0.4, 0.5) is 10.1 Å². The number of hydrogen-bond donors (Lipinski definition) is 2. The molecule has 0 aliphatic carbocycles. The van der Waals surface area contributed by atoms with Crippen LogP contribution in [0.25, 0.3) is 0 Å². The molecule has 1 atom stereocenters. The monoisotopic (exact) mass is 460 g/mol. The molecule has 176 valence electrons. The van der Waals surface area contributed by atoms with Gasteiger partial charge < -0.3 is 10.6 Å². The first-order valence-corrected chi connectivity index (χ1v) is 11.2. The molecule has 0 aromatic heterocycles. The third-order valence-corrected chi connectivity index (χ3v) is 5.18. The molecule has 3 rings (SSSR count). The largest absolute Gasteiger partial charge is 0.340 e. The van der Waals surface area contributed by atoms with Gasteiger partial charge in [-0.25, -0.2) is 4.39 Å².